The van der Waals surface area contributed by atoms with Crippen molar-refractivity contribution in [1.82, 2.24) is 10.2 Å². The van der Waals surface area contributed by atoms with Crippen LogP contribution in [0.1, 0.15) is 45.7 Å². The average Bonchev–Trinajstić information content (AvgIpc) is 2.95. The highest BCUT2D eigenvalue weighted by atomic mass is 35.5. The van der Waals surface area contributed by atoms with Crippen molar-refractivity contribution in [3.63, 3.8) is 0 Å². The smallest absolute Gasteiger partial charge is 0.262 e. The van der Waals surface area contributed by atoms with Gasteiger partial charge in [-0.05, 0) is 55.2 Å². The summed E-state index contributed by atoms with van der Waals surface area (Å²) in [6.45, 7) is 1.81. The largest absolute Gasteiger partial charge is 0.348 e. The van der Waals surface area contributed by atoms with E-state index in [1.165, 1.54) is 0 Å². The first kappa shape index (κ1) is 21.7. The molecule has 0 aromatic heterocycles. The quantitative estimate of drug-likeness (QED) is 0.626. The number of halogens is 2. The summed E-state index contributed by atoms with van der Waals surface area (Å²) < 4.78 is 0. The molecule has 152 valence electrons. The van der Waals surface area contributed by atoms with Crippen molar-refractivity contribution in [2.45, 2.75) is 25.4 Å². The lowest BCUT2D eigenvalue weighted by Gasteiger charge is -2.27. The monoisotopic (exact) mass is 450 g/mol. The maximum Gasteiger partial charge on any atom is 0.262 e. The molecule has 0 bridgehead atoms. The molecule has 3 rings (SSSR count). The number of carbonyl (C=O) groups excluding carboxylic acids is 3. The van der Waals surface area contributed by atoms with Crippen LogP contribution in [-0.4, -0.2) is 40.7 Å². The zero-order valence-electron chi connectivity index (χ0n) is 15.9. The second-order valence-corrected chi connectivity index (χ2v) is 8.53. The molecule has 29 heavy (non-hydrogen) atoms. The predicted octanol–water partition coefficient (Wildman–Crippen LogP) is 4.59. The molecule has 2 atom stereocenters. The van der Waals surface area contributed by atoms with E-state index < -0.39 is 17.9 Å². The van der Waals surface area contributed by atoms with Gasteiger partial charge in [0.05, 0.1) is 27.2 Å². The van der Waals surface area contributed by atoms with Crippen molar-refractivity contribution in [1.29, 1.82) is 0 Å². The van der Waals surface area contributed by atoms with Gasteiger partial charge in [-0.1, -0.05) is 41.4 Å². The Morgan fingerprint density at radius 2 is 1.69 bits per heavy atom. The summed E-state index contributed by atoms with van der Waals surface area (Å²) in [4.78, 5) is 39.9. The molecule has 0 saturated heterocycles. The van der Waals surface area contributed by atoms with Gasteiger partial charge in [-0.25, -0.2) is 0 Å². The van der Waals surface area contributed by atoms with Gasteiger partial charge >= 0.3 is 0 Å². The van der Waals surface area contributed by atoms with Crippen molar-refractivity contribution in [2.75, 3.05) is 12.0 Å². The third-order valence-electron chi connectivity index (χ3n) is 4.84. The highest BCUT2D eigenvalue weighted by Crippen LogP contribution is 2.28. The van der Waals surface area contributed by atoms with E-state index in [1.54, 1.807) is 54.2 Å². The Morgan fingerprint density at radius 3 is 2.24 bits per heavy atom. The van der Waals surface area contributed by atoms with Crippen LogP contribution in [0, 0.1) is 0 Å². The summed E-state index contributed by atoms with van der Waals surface area (Å²) in [7, 11) is 0. The Hall–Kier alpha value is -2.02. The second-order valence-electron chi connectivity index (χ2n) is 6.73. The molecule has 1 aliphatic heterocycles. The zero-order valence-corrected chi connectivity index (χ0v) is 18.3. The van der Waals surface area contributed by atoms with Crippen LogP contribution in [0.2, 0.25) is 10.0 Å². The van der Waals surface area contributed by atoms with Crippen molar-refractivity contribution >= 4 is 52.7 Å². The highest BCUT2D eigenvalue weighted by molar-refractivity contribution is 7.98. The number of imide groups is 1. The highest BCUT2D eigenvalue weighted by Gasteiger charge is 2.42. The van der Waals surface area contributed by atoms with Crippen LogP contribution in [0.5, 0.6) is 0 Å². The number of nitrogens with one attached hydrogen (secondary N) is 1. The van der Waals surface area contributed by atoms with Gasteiger partial charge in [0.25, 0.3) is 11.8 Å². The topological polar surface area (TPSA) is 66.5 Å². The summed E-state index contributed by atoms with van der Waals surface area (Å²) in [6, 6.07) is 10.5. The molecule has 2 unspecified atom stereocenters. The van der Waals surface area contributed by atoms with Crippen LogP contribution in [0.15, 0.2) is 42.5 Å². The Labute approximate surface area is 183 Å². The normalized spacial score (nSPS) is 15.2. The zero-order chi connectivity index (χ0) is 21.1. The van der Waals surface area contributed by atoms with Crippen molar-refractivity contribution in [3.05, 3.63) is 69.2 Å². The molecular formula is C21H20Cl2N2O3S. The Kier molecular flexibility index (Phi) is 6.88. The minimum absolute atomic E-state index is 0.331. The molecule has 1 N–H and O–H groups in total. The van der Waals surface area contributed by atoms with E-state index in [0.717, 1.165) is 10.5 Å². The maximum atomic E-state index is 13.1. The fourth-order valence-electron chi connectivity index (χ4n) is 3.27. The third kappa shape index (κ3) is 4.44. The van der Waals surface area contributed by atoms with E-state index in [2.05, 4.69) is 5.32 Å². The van der Waals surface area contributed by atoms with Crippen molar-refractivity contribution < 1.29 is 14.4 Å². The van der Waals surface area contributed by atoms with E-state index in [-0.39, 0.29) is 11.9 Å². The number of amides is 3. The van der Waals surface area contributed by atoms with E-state index in [0.29, 0.717) is 33.3 Å². The summed E-state index contributed by atoms with van der Waals surface area (Å²) in [6.07, 6.45) is 2.28. The van der Waals surface area contributed by atoms with Crippen LogP contribution in [0.4, 0.5) is 0 Å². The van der Waals surface area contributed by atoms with E-state index in [4.69, 9.17) is 23.2 Å². The number of hydrogen-bond acceptors (Lipinski definition) is 4. The molecule has 0 aliphatic carbocycles. The molecule has 3 amide bonds. The molecular weight excluding hydrogens is 431 g/mol. The summed E-state index contributed by atoms with van der Waals surface area (Å²) in [5.41, 5.74) is 1.44. The van der Waals surface area contributed by atoms with Gasteiger partial charge in [-0.3, -0.25) is 19.3 Å². The average molecular weight is 451 g/mol. The molecule has 0 radical (unpaired) electrons. The second kappa shape index (κ2) is 9.20. The predicted molar refractivity (Wildman–Crippen MR) is 117 cm³/mol. The van der Waals surface area contributed by atoms with Crippen LogP contribution in [-0.2, 0) is 4.79 Å². The van der Waals surface area contributed by atoms with Crippen LogP contribution < -0.4 is 5.32 Å². The molecule has 0 fully saturated rings. The number of rotatable bonds is 7. The molecule has 0 saturated carbocycles. The van der Waals surface area contributed by atoms with E-state index in [9.17, 15) is 14.4 Å². The van der Waals surface area contributed by atoms with Gasteiger partial charge in [0.1, 0.15) is 6.04 Å². The van der Waals surface area contributed by atoms with Gasteiger partial charge in [-0.2, -0.15) is 11.8 Å². The first-order valence-corrected chi connectivity index (χ1v) is 11.2. The lowest BCUT2D eigenvalue weighted by atomic mass is 10.1. The van der Waals surface area contributed by atoms with Crippen LogP contribution in [0.3, 0.4) is 0 Å². The number of carbonyl (C=O) groups is 3. The van der Waals surface area contributed by atoms with Gasteiger partial charge in [-0.15, -0.1) is 0 Å². The van der Waals surface area contributed by atoms with Crippen molar-refractivity contribution in [3.8, 4) is 0 Å². The van der Waals surface area contributed by atoms with Gasteiger partial charge < -0.3 is 5.32 Å². The molecule has 2 aromatic carbocycles. The Balaban J connectivity index is 1.83. The standard InChI is InChI=1S/C21H20Cl2N2O3S/c1-12(13-7-8-16(22)17(23)11-13)24-19(26)18(9-10-29-2)25-20(27)14-5-3-4-6-15(14)21(25)28/h3-8,11-12,18H,9-10H2,1-2H3,(H,24,26). The molecule has 2 aromatic rings. The number of fused-ring (bicyclic) bond motifs is 1. The number of hydrogen-bond donors (Lipinski definition) is 1. The lowest BCUT2D eigenvalue weighted by Crippen LogP contribution is -2.50. The van der Waals surface area contributed by atoms with Crippen molar-refractivity contribution in [2.24, 2.45) is 0 Å². The molecule has 0 spiro atoms. The van der Waals surface area contributed by atoms with Crippen LogP contribution in [0.25, 0.3) is 0 Å². The minimum Gasteiger partial charge on any atom is -0.348 e. The summed E-state index contributed by atoms with van der Waals surface area (Å²) in [5.74, 6) is -0.623. The van der Waals surface area contributed by atoms with Crippen LogP contribution >= 0.6 is 35.0 Å². The summed E-state index contributed by atoms with van der Waals surface area (Å²) >= 11 is 13.6. The van der Waals surface area contributed by atoms with Gasteiger partial charge in [0, 0.05) is 0 Å². The first-order valence-electron chi connectivity index (χ1n) is 9.06. The maximum absolute atomic E-state index is 13.1. The Morgan fingerprint density at radius 1 is 1.07 bits per heavy atom. The summed E-state index contributed by atoms with van der Waals surface area (Å²) in [5, 5.41) is 3.72. The third-order valence-corrected chi connectivity index (χ3v) is 6.22. The number of nitrogens with zero attached hydrogens (tertiary/aromatic N) is 1. The number of thioether (sulfide) groups is 1. The molecule has 5 nitrogen and oxygen atoms in total. The minimum atomic E-state index is -0.889. The van der Waals surface area contributed by atoms with Gasteiger partial charge in [0.2, 0.25) is 5.91 Å². The van der Waals surface area contributed by atoms with Gasteiger partial charge in [0.15, 0.2) is 0 Å². The van der Waals surface area contributed by atoms with E-state index in [1.807, 2.05) is 13.2 Å². The fourth-order valence-corrected chi connectivity index (χ4v) is 4.04. The van der Waals surface area contributed by atoms with E-state index >= 15 is 0 Å². The molecule has 1 aliphatic rings. The molecule has 1 heterocycles. The fraction of sp³-hybridized carbons (Fsp3) is 0.286. The molecule has 8 heteroatoms. The first-order chi connectivity index (χ1) is 13.8. The SMILES string of the molecule is CSCCC(C(=O)NC(C)c1ccc(Cl)c(Cl)c1)N1C(=O)c2ccccc2C1=O. The number of benzene rings is 2. The Bertz CT molecular complexity index is 932. The lowest BCUT2D eigenvalue weighted by molar-refractivity contribution is -0.125.